The lowest BCUT2D eigenvalue weighted by Crippen LogP contribution is -1.95. The van der Waals surface area contributed by atoms with Gasteiger partial charge in [-0.05, 0) is 123 Å². The van der Waals surface area contributed by atoms with E-state index in [0.717, 1.165) is 45.9 Å². The fourth-order valence-corrected chi connectivity index (χ4v) is 10.4. The van der Waals surface area contributed by atoms with E-state index in [1.165, 1.54) is 93.2 Å². The van der Waals surface area contributed by atoms with E-state index >= 15 is 0 Å². The summed E-state index contributed by atoms with van der Waals surface area (Å²) in [6.45, 7) is 0. The first-order valence-electron chi connectivity index (χ1n) is 22.4. The molecular weight excluding hydrogens is 785 g/mol. The first kappa shape index (κ1) is 37.1. The molecule has 0 bridgehead atoms. The standard InChI is InChI=1S/C63H40N2/c1-3-14-43(15-4-1)60-39-61(65-63(64-60)45-16-5-2-6-17-45)44-32-28-41(29-33-44)40-26-30-42(31-27-40)56-38-59-58(54-24-12-10-22-52(54)56)37-47-18-13-25-48(62(47)59)46-34-35-55-51-21-8-7-19-49(51)50-20-9-11-23-53(50)57(55)36-46/h1-36,38-39H,37H2. The molecule has 0 spiro atoms. The van der Waals surface area contributed by atoms with E-state index in [9.17, 15) is 0 Å². The van der Waals surface area contributed by atoms with Gasteiger partial charge in [0.25, 0.3) is 0 Å². The lowest BCUT2D eigenvalue weighted by molar-refractivity contribution is 1.18. The molecule has 12 aromatic rings. The second-order valence-electron chi connectivity index (χ2n) is 17.2. The first-order chi connectivity index (χ1) is 32.2. The topological polar surface area (TPSA) is 25.8 Å². The summed E-state index contributed by atoms with van der Waals surface area (Å²) in [5.74, 6) is 0.719. The molecule has 2 heteroatoms. The van der Waals surface area contributed by atoms with Crippen LogP contribution < -0.4 is 0 Å². The van der Waals surface area contributed by atoms with E-state index < -0.39 is 0 Å². The average Bonchev–Trinajstić information content (AvgIpc) is 3.78. The van der Waals surface area contributed by atoms with E-state index in [1.54, 1.807) is 0 Å². The third-order valence-electron chi connectivity index (χ3n) is 13.5. The minimum absolute atomic E-state index is 0.719. The van der Waals surface area contributed by atoms with Crippen LogP contribution in [0.2, 0.25) is 0 Å². The van der Waals surface area contributed by atoms with E-state index in [-0.39, 0.29) is 0 Å². The highest BCUT2D eigenvalue weighted by Gasteiger charge is 2.26. The second kappa shape index (κ2) is 15.1. The molecule has 11 aromatic carbocycles. The Morgan fingerprint density at radius 1 is 0.262 bits per heavy atom. The summed E-state index contributed by atoms with van der Waals surface area (Å²) in [4.78, 5) is 10.0. The smallest absolute Gasteiger partial charge is 0.160 e. The maximum atomic E-state index is 5.05. The highest BCUT2D eigenvalue weighted by atomic mass is 14.9. The highest BCUT2D eigenvalue weighted by Crippen LogP contribution is 2.49. The van der Waals surface area contributed by atoms with Gasteiger partial charge in [0.05, 0.1) is 11.4 Å². The summed E-state index contributed by atoms with van der Waals surface area (Å²) in [7, 11) is 0. The van der Waals surface area contributed by atoms with Gasteiger partial charge in [0, 0.05) is 16.7 Å². The van der Waals surface area contributed by atoms with E-state index in [0.29, 0.717) is 0 Å². The summed E-state index contributed by atoms with van der Waals surface area (Å²) in [5, 5.41) is 10.4. The third-order valence-corrected chi connectivity index (χ3v) is 13.5. The van der Waals surface area contributed by atoms with Gasteiger partial charge in [-0.2, -0.15) is 0 Å². The van der Waals surface area contributed by atoms with E-state index in [4.69, 9.17) is 9.97 Å². The van der Waals surface area contributed by atoms with Gasteiger partial charge >= 0.3 is 0 Å². The van der Waals surface area contributed by atoms with Crippen LogP contribution in [-0.2, 0) is 6.42 Å². The van der Waals surface area contributed by atoms with Crippen molar-refractivity contribution >= 4 is 43.1 Å². The second-order valence-corrected chi connectivity index (χ2v) is 17.2. The van der Waals surface area contributed by atoms with Gasteiger partial charge in [-0.25, -0.2) is 9.97 Å². The van der Waals surface area contributed by atoms with Gasteiger partial charge in [0.2, 0.25) is 0 Å². The molecule has 1 aliphatic rings. The Kier molecular flexibility index (Phi) is 8.63. The Labute approximate surface area is 377 Å². The first-order valence-corrected chi connectivity index (χ1v) is 22.4. The zero-order valence-electron chi connectivity index (χ0n) is 35.5. The van der Waals surface area contributed by atoms with Crippen molar-refractivity contribution in [2.45, 2.75) is 6.42 Å². The average molecular weight is 825 g/mol. The molecule has 0 saturated carbocycles. The molecule has 0 fully saturated rings. The Hall–Kier alpha value is -8.46. The highest BCUT2D eigenvalue weighted by molar-refractivity contribution is 6.26. The van der Waals surface area contributed by atoms with Crippen LogP contribution in [0.15, 0.2) is 231 Å². The van der Waals surface area contributed by atoms with Crippen LogP contribution in [0.4, 0.5) is 0 Å². The number of hydrogen-bond donors (Lipinski definition) is 0. The van der Waals surface area contributed by atoms with Gasteiger partial charge in [-0.3, -0.25) is 0 Å². The number of benzene rings is 11. The molecule has 0 atom stereocenters. The summed E-state index contributed by atoms with van der Waals surface area (Å²) >= 11 is 0. The minimum atomic E-state index is 0.719. The molecule has 0 unspecified atom stereocenters. The van der Waals surface area contributed by atoms with Crippen molar-refractivity contribution in [2.75, 3.05) is 0 Å². The van der Waals surface area contributed by atoms with Gasteiger partial charge < -0.3 is 0 Å². The Bertz CT molecular complexity index is 3720. The minimum Gasteiger partial charge on any atom is -0.228 e. The van der Waals surface area contributed by atoms with Crippen LogP contribution in [0, 0.1) is 0 Å². The zero-order valence-corrected chi connectivity index (χ0v) is 35.5. The van der Waals surface area contributed by atoms with E-state index in [1.807, 2.05) is 24.3 Å². The normalized spacial score (nSPS) is 11.9. The van der Waals surface area contributed by atoms with Gasteiger partial charge in [-0.15, -0.1) is 0 Å². The van der Waals surface area contributed by atoms with Gasteiger partial charge in [0.1, 0.15) is 0 Å². The maximum Gasteiger partial charge on any atom is 0.160 e. The summed E-state index contributed by atoms with van der Waals surface area (Å²) < 4.78 is 0. The lowest BCUT2D eigenvalue weighted by Gasteiger charge is -2.16. The molecule has 2 nitrogen and oxygen atoms in total. The molecule has 1 heterocycles. The van der Waals surface area contributed by atoms with Crippen LogP contribution in [0.1, 0.15) is 11.1 Å². The van der Waals surface area contributed by atoms with Crippen molar-refractivity contribution in [3.8, 4) is 78.4 Å². The summed E-state index contributed by atoms with van der Waals surface area (Å²) in [6, 6.07) is 83.7. The molecule has 0 amide bonds. The molecular formula is C63H40N2. The molecule has 0 aliphatic heterocycles. The van der Waals surface area contributed by atoms with Crippen molar-refractivity contribution in [3.05, 3.63) is 242 Å². The fourth-order valence-electron chi connectivity index (χ4n) is 10.4. The van der Waals surface area contributed by atoms with Crippen molar-refractivity contribution in [1.82, 2.24) is 9.97 Å². The summed E-state index contributed by atoms with van der Waals surface area (Å²) in [5.41, 5.74) is 17.8. The predicted octanol–water partition coefficient (Wildman–Crippen LogP) is 16.7. The maximum absolute atomic E-state index is 5.05. The number of fused-ring (bicyclic) bond motifs is 11. The lowest BCUT2D eigenvalue weighted by atomic mass is 9.87. The zero-order chi connectivity index (χ0) is 42.8. The van der Waals surface area contributed by atoms with E-state index in [2.05, 4.69) is 206 Å². The Morgan fingerprint density at radius 2 is 0.738 bits per heavy atom. The van der Waals surface area contributed by atoms with Crippen LogP contribution in [0.5, 0.6) is 0 Å². The van der Waals surface area contributed by atoms with Crippen LogP contribution in [0.3, 0.4) is 0 Å². The molecule has 13 rings (SSSR count). The van der Waals surface area contributed by atoms with Crippen LogP contribution in [-0.4, -0.2) is 9.97 Å². The molecule has 1 aromatic heterocycles. The van der Waals surface area contributed by atoms with Crippen LogP contribution in [0.25, 0.3) is 122 Å². The van der Waals surface area contributed by atoms with Gasteiger partial charge in [-0.1, -0.05) is 212 Å². The largest absolute Gasteiger partial charge is 0.228 e. The molecule has 0 N–H and O–H groups in total. The molecule has 302 valence electrons. The molecule has 1 aliphatic carbocycles. The molecule has 65 heavy (non-hydrogen) atoms. The Balaban J connectivity index is 0.872. The Morgan fingerprint density at radius 3 is 1.37 bits per heavy atom. The van der Waals surface area contributed by atoms with Gasteiger partial charge in [0.15, 0.2) is 5.82 Å². The van der Waals surface area contributed by atoms with Crippen molar-refractivity contribution in [1.29, 1.82) is 0 Å². The van der Waals surface area contributed by atoms with Crippen molar-refractivity contribution < 1.29 is 0 Å². The van der Waals surface area contributed by atoms with Crippen molar-refractivity contribution in [2.24, 2.45) is 0 Å². The number of hydrogen-bond acceptors (Lipinski definition) is 2. The number of nitrogens with zero attached hydrogens (tertiary/aromatic N) is 2. The third kappa shape index (κ3) is 6.25. The fraction of sp³-hybridized carbons (Fsp3) is 0.0159. The molecule has 0 radical (unpaired) electrons. The molecule has 0 saturated heterocycles. The predicted molar refractivity (Wildman–Crippen MR) is 273 cm³/mol. The summed E-state index contributed by atoms with van der Waals surface area (Å²) in [6.07, 6.45) is 0.922. The SMILES string of the molecule is c1ccc(-c2cc(-c3ccc(-c4ccc(-c5cc6c(c7ccccc57)Cc5cccc(-c7ccc8c9ccccc9c9ccccc9c8c7)c5-6)cc4)cc3)nc(-c3ccccc3)n2)cc1. The number of aromatic nitrogens is 2. The quantitative estimate of drug-likeness (QED) is 0.156. The monoisotopic (exact) mass is 824 g/mol. The van der Waals surface area contributed by atoms with Crippen LogP contribution >= 0.6 is 0 Å². The number of rotatable bonds is 6. The van der Waals surface area contributed by atoms with Crippen molar-refractivity contribution in [3.63, 3.8) is 0 Å².